The lowest BCUT2D eigenvalue weighted by Gasteiger charge is -2.27. The van der Waals surface area contributed by atoms with Crippen molar-refractivity contribution in [1.29, 1.82) is 0 Å². The Balaban J connectivity index is 1.57. The van der Waals surface area contributed by atoms with Gasteiger partial charge in [0.25, 0.3) is 0 Å². The molecule has 1 spiro atoms. The van der Waals surface area contributed by atoms with E-state index < -0.39 is 46.9 Å². The third kappa shape index (κ3) is 2.52. The van der Waals surface area contributed by atoms with Gasteiger partial charge < -0.3 is 4.74 Å². The lowest BCUT2D eigenvalue weighted by Crippen LogP contribution is -2.51. The van der Waals surface area contributed by atoms with Gasteiger partial charge in [0, 0.05) is 15.6 Å². The molecule has 3 aromatic carbocycles. The fourth-order valence-corrected chi connectivity index (χ4v) is 5.79. The summed E-state index contributed by atoms with van der Waals surface area (Å²) in [6, 6.07) is 22.3. The Morgan fingerprint density at radius 2 is 1.30 bits per heavy atom. The predicted octanol–water partition coefficient (Wildman–Crippen LogP) is 4.14. The molecule has 2 fully saturated rings. The van der Waals surface area contributed by atoms with E-state index in [-0.39, 0.29) is 11.1 Å². The molecule has 0 radical (unpaired) electrons. The zero-order valence-electron chi connectivity index (χ0n) is 17.1. The number of hydrogen-bond donors (Lipinski definition) is 0. The molecule has 0 bridgehead atoms. The Bertz CT molecular complexity index is 1330. The molecule has 0 N–H and O–H groups in total. The molecule has 7 heteroatoms. The maximum absolute atomic E-state index is 13.8. The number of rotatable bonds is 2. The van der Waals surface area contributed by atoms with Crippen LogP contribution in [0.4, 0.5) is 5.69 Å². The van der Waals surface area contributed by atoms with Crippen molar-refractivity contribution in [1.82, 2.24) is 0 Å². The molecule has 162 valence electrons. The fourth-order valence-electron chi connectivity index (χ4n) is 5.33. The van der Waals surface area contributed by atoms with Crippen molar-refractivity contribution in [3.63, 3.8) is 0 Å². The number of ether oxygens (including phenoxy) is 1. The first-order chi connectivity index (χ1) is 16.0. The summed E-state index contributed by atoms with van der Waals surface area (Å²) in [7, 11) is 0. The number of fused-ring (bicyclic) bond motifs is 3. The summed E-state index contributed by atoms with van der Waals surface area (Å²) in [6.45, 7) is 0. The van der Waals surface area contributed by atoms with Crippen molar-refractivity contribution in [2.24, 2.45) is 11.8 Å². The fraction of sp³-hybridized carbons (Fsp3) is 0.154. The molecule has 3 aliphatic rings. The van der Waals surface area contributed by atoms with Crippen LogP contribution < -0.4 is 4.90 Å². The molecule has 2 saturated heterocycles. The second-order valence-corrected chi connectivity index (χ2v) is 9.21. The van der Waals surface area contributed by atoms with Crippen LogP contribution in [-0.4, -0.2) is 29.0 Å². The van der Waals surface area contributed by atoms with Crippen LogP contribution in [-0.2, 0) is 14.3 Å². The van der Waals surface area contributed by atoms with Crippen molar-refractivity contribution in [3.8, 4) is 0 Å². The van der Waals surface area contributed by atoms with Gasteiger partial charge in [0.1, 0.15) is 0 Å². The van der Waals surface area contributed by atoms with Crippen molar-refractivity contribution in [2.75, 3.05) is 4.90 Å². The van der Waals surface area contributed by atoms with Crippen molar-refractivity contribution < 1.29 is 23.9 Å². The Hall–Kier alpha value is -3.42. The second-order valence-electron chi connectivity index (χ2n) is 8.36. The van der Waals surface area contributed by atoms with Gasteiger partial charge in [-0.15, -0.1) is 0 Å². The first-order valence-electron chi connectivity index (χ1n) is 10.5. The Morgan fingerprint density at radius 1 is 0.727 bits per heavy atom. The smallest absolute Gasteiger partial charge is 0.241 e. The average molecular weight is 502 g/mol. The number of ketones is 2. The van der Waals surface area contributed by atoms with Gasteiger partial charge in [-0.3, -0.25) is 19.2 Å². The topological polar surface area (TPSA) is 80.8 Å². The summed E-state index contributed by atoms with van der Waals surface area (Å²) in [5.41, 5.74) is -0.614. The number of Topliss-reactive ketones (excluding diaryl/α,β-unsaturated/α-hetero) is 2. The molecule has 2 heterocycles. The van der Waals surface area contributed by atoms with Gasteiger partial charge in [-0.1, -0.05) is 66.7 Å². The minimum atomic E-state index is -2.06. The molecule has 1 aliphatic carbocycles. The molecule has 33 heavy (non-hydrogen) atoms. The molecular weight excluding hydrogens is 486 g/mol. The van der Waals surface area contributed by atoms with Crippen LogP contribution in [0.25, 0.3) is 0 Å². The van der Waals surface area contributed by atoms with Crippen LogP contribution in [0.1, 0.15) is 32.4 Å². The van der Waals surface area contributed by atoms with Crippen molar-refractivity contribution in [3.05, 3.63) is 100 Å². The van der Waals surface area contributed by atoms with Gasteiger partial charge >= 0.3 is 0 Å². The van der Waals surface area contributed by atoms with Crippen LogP contribution in [0.3, 0.4) is 0 Å². The molecule has 3 aromatic rings. The van der Waals surface area contributed by atoms with Gasteiger partial charge in [0.05, 0.1) is 23.6 Å². The quantitative estimate of drug-likeness (QED) is 0.389. The highest BCUT2D eigenvalue weighted by Crippen LogP contribution is 2.58. The minimum Gasteiger partial charge on any atom is -0.349 e. The lowest BCUT2D eigenvalue weighted by molar-refractivity contribution is -0.127. The van der Waals surface area contributed by atoms with E-state index in [0.29, 0.717) is 15.7 Å². The summed E-state index contributed by atoms with van der Waals surface area (Å²) < 4.78 is 6.81. The van der Waals surface area contributed by atoms with Crippen LogP contribution in [0, 0.1) is 11.8 Å². The number of anilines is 1. The number of halogens is 1. The third-order valence-electron chi connectivity index (χ3n) is 6.74. The number of imide groups is 1. The van der Waals surface area contributed by atoms with Gasteiger partial charge in [0.15, 0.2) is 0 Å². The maximum Gasteiger partial charge on any atom is 0.241 e. The number of para-hydroxylation sites is 1. The van der Waals surface area contributed by atoms with Crippen LogP contribution >= 0.6 is 15.9 Å². The summed E-state index contributed by atoms with van der Waals surface area (Å²) in [6.07, 6.45) is -0.914. The Morgan fingerprint density at radius 3 is 1.94 bits per heavy atom. The van der Waals surface area contributed by atoms with Gasteiger partial charge in [0.2, 0.25) is 29.0 Å². The number of hydrogen-bond acceptors (Lipinski definition) is 5. The van der Waals surface area contributed by atoms with E-state index in [1.165, 1.54) is 0 Å². The third-order valence-corrected chi connectivity index (χ3v) is 7.41. The van der Waals surface area contributed by atoms with Gasteiger partial charge in [-0.05, 0) is 33.6 Å². The summed E-state index contributed by atoms with van der Waals surface area (Å²) in [4.78, 5) is 56.0. The number of carbonyl (C=O) groups excluding carboxylic acids is 4. The SMILES string of the molecule is O=C1[C@@H]2[C@@H](c3ccccc3)OC3(C(=O)c4ccccc4C3=O)[C@@H]2C(=O)N1c1ccccc1Br. The van der Waals surface area contributed by atoms with E-state index in [2.05, 4.69) is 15.9 Å². The molecule has 6 nitrogen and oxygen atoms in total. The summed E-state index contributed by atoms with van der Waals surface area (Å²) in [5.74, 6) is -4.48. The lowest BCUT2D eigenvalue weighted by atomic mass is 9.77. The standard InChI is InChI=1S/C26H16BrNO5/c27-17-12-6-7-13-18(17)28-24(31)19-20(25(28)32)26(33-21(19)14-8-2-1-3-9-14)22(29)15-10-4-5-11-16(15)23(26)30/h1-13,19-21H/t19-,20-,21+/m0/s1. The van der Waals surface area contributed by atoms with E-state index in [9.17, 15) is 19.2 Å². The number of amides is 2. The van der Waals surface area contributed by atoms with E-state index in [4.69, 9.17) is 4.74 Å². The maximum atomic E-state index is 13.8. The average Bonchev–Trinajstić information content (AvgIpc) is 3.40. The highest BCUT2D eigenvalue weighted by atomic mass is 79.9. The molecule has 0 aromatic heterocycles. The molecular formula is C26H16BrNO5. The van der Waals surface area contributed by atoms with E-state index in [0.717, 1.165) is 4.90 Å². The second kappa shape index (κ2) is 7.04. The van der Waals surface area contributed by atoms with Crippen LogP contribution in [0.2, 0.25) is 0 Å². The molecule has 2 amide bonds. The van der Waals surface area contributed by atoms with Crippen LogP contribution in [0.5, 0.6) is 0 Å². The monoisotopic (exact) mass is 501 g/mol. The van der Waals surface area contributed by atoms with E-state index in [1.54, 1.807) is 72.8 Å². The van der Waals surface area contributed by atoms with E-state index >= 15 is 0 Å². The number of benzene rings is 3. The minimum absolute atomic E-state index is 0.217. The van der Waals surface area contributed by atoms with Gasteiger partial charge in [-0.25, -0.2) is 4.90 Å². The van der Waals surface area contributed by atoms with Crippen LogP contribution in [0.15, 0.2) is 83.3 Å². The van der Waals surface area contributed by atoms with Crippen molar-refractivity contribution >= 4 is 45.0 Å². The molecule has 3 atom stereocenters. The highest BCUT2D eigenvalue weighted by molar-refractivity contribution is 9.10. The van der Waals surface area contributed by atoms with Crippen molar-refractivity contribution in [2.45, 2.75) is 11.7 Å². The Kier molecular flexibility index (Phi) is 4.31. The molecule has 6 rings (SSSR count). The zero-order chi connectivity index (χ0) is 22.9. The summed E-state index contributed by atoms with van der Waals surface area (Å²) >= 11 is 3.41. The number of carbonyl (C=O) groups is 4. The van der Waals surface area contributed by atoms with Gasteiger partial charge in [-0.2, -0.15) is 0 Å². The largest absolute Gasteiger partial charge is 0.349 e. The molecule has 0 saturated carbocycles. The highest BCUT2D eigenvalue weighted by Gasteiger charge is 2.74. The number of nitrogens with zero attached hydrogens (tertiary/aromatic N) is 1. The molecule has 2 aliphatic heterocycles. The first kappa shape index (κ1) is 20.2. The van der Waals surface area contributed by atoms with E-state index in [1.807, 2.05) is 6.07 Å². The first-order valence-corrected chi connectivity index (χ1v) is 11.3. The zero-order valence-corrected chi connectivity index (χ0v) is 18.7. The predicted molar refractivity (Wildman–Crippen MR) is 122 cm³/mol. The molecule has 0 unspecified atom stereocenters. The normalized spacial score (nSPS) is 25.1. The Labute approximate surface area is 197 Å². The summed E-state index contributed by atoms with van der Waals surface area (Å²) in [5, 5.41) is 0.